The summed E-state index contributed by atoms with van der Waals surface area (Å²) in [7, 11) is 4.58. The first-order valence-corrected chi connectivity index (χ1v) is 11.2. The molecule has 0 amide bonds. The molecule has 0 spiro atoms. The van der Waals surface area contributed by atoms with Crippen molar-refractivity contribution in [1.29, 1.82) is 0 Å². The summed E-state index contributed by atoms with van der Waals surface area (Å²) in [5, 5.41) is 13.5. The minimum atomic E-state index is -0.706. The molecule has 0 fully saturated rings. The van der Waals surface area contributed by atoms with Gasteiger partial charge in [-0.3, -0.25) is 0 Å². The number of aliphatic hydroxyl groups is 1. The highest BCUT2D eigenvalue weighted by atomic mass is 16.5. The van der Waals surface area contributed by atoms with Crippen molar-refractivity contribution >= 4 is 17.6 Å². The fourth-order valence-electron chi connectivity index (χ4n) is 3.44. The van der Waals surface area contributed by atoms with Crippen molar-refractivity contribution in [2.45, 2.75) is 12.6 Å². The number of hydrogen-bond acceptors (Lipinski definition) is 7. The molecule has 0 saturated heterocycles. The van der Waals surface area contributed by atoms with Crippen LogP contribution in [-0.4, -0.2) is 51.7 Å². The summed E-state index contributed by atoms with van der Waals surface area (Å²) < 4.78 is 21.3. The lowest BCUT2D eigenvalue weighted by molar-refractivity contribution is -0.133. The predicted molar refractivity (Wildman–Crippen MR) is 136 cm³/mol. The van der Waals surface area contributed by atoms with Crippen LogP contribution in [0.2, 0.25) is 0 Å². The molecule has 0 bridgehead atoms. The Morgan fingerprint density at radius 2 is 1.66 bits per heavy atom. The number of rotatable bonds is 12. The van der Waals surface area contributed by atoms with Crippen LogP contribution in [0.4, 0.5) is 0 Å². The molecule has 35 heavy (non-hydrogen) atoms. The van der Waals surface area contributed by atoms with Gasteiger partial charge in [-0.2, -0.15) is 0 Å². The molecule has 0 aliphatic carbocycles. The summed E-state index contributed by atoms with van der Waals surface area (Å²) >= 11 is 0. The van der Waals surface area contributed by atoms with Crippen LogP contribution in [0.1, 0.15) is 16.7 Å². The van der Waals surface area contributed by atoms with E-state index in [-0.39, 0.29) is 6.61 Å². The number of nitrogens with one attached hydrogen (secondary N) is 1. The SMILES string of the molecule is COC(=O)/C(=C\c1ccccc1)c1ccc(OCC(O)CNCc2ccc(OC)cc2OC)cc1. The first-order valence-electron chi connectivity index (χ1n) is 11.2. The molecule has 0 aliphatic heterocycles. The number of methoxy groups -OCH3 is 3. The van der Waals surface area contributed by atoms with Crippen LogP contribution >= 0.6 is 0 Å². The van der Waals surface area contributed by atoms with Crippen molar-refractivity contribution in [3.05, 3.63) is 89.5 Å². The fourth-order valence-corrected chi connectivity index (χ4v) is 3.44. The van der Waals surface area contributed by atoms with Crippen LogP contribution in [0, 0.1) is 0 Å². The molecule has 7 heteroatoms. The van der Waals surface area contributed by atoms with Crippen LogP contribution in [0.15, 0.2) is 72.8 Å². The maximum Gasteiger partial charge on any atom is 0.338 e. The minimum Gasteiger partial charge on any atom is -0.497 e. The number of ether oxygens (including phenoxy) is 4. The summed E-state index contributed by atoms with van der Waals surface area (Å²) in [5.74, 6) is 1.61. The van der Waals surface area contributed by atoms with Crippen molar-refractivity contribution < 1.29 is 28.8 Å². The van der Waals surface area contributed by atoms with Crippen molar-refractivity contribution in [2.24, 2.45) is 0 Å². The second-order valence-electron chi connectivity index (χ2n) is 7.76. The molecule has 0 aromatic heterocycles. The third-order valence-corrected chi connectivity index (χ3v) is 5.31. The smallest absolute Gasteiger partial charge is 0.338 e. The normalized spacial score (nSPS) is 12.1. The number of benzene rings is 3. The van der Waals surface area contributed by atoms with Gasteiger partial charge in [-0.25, -0.2) is 4.79 Å². The highest BCUT2D eigenvalue weighted by Gasteiger charge is 2.13. The van der Waals surface area contributed by atoms with Crippen LogP contribution in [-0.2, 0) is 16.1 Å². The van der Waals surface area contributed by atoms with E-state index in [1.165, 1.54) is 7.11 Å². The molecule has 0 aliphatic rings. The summed E-state index contributed by atoms with van der Waals surface area (Å²) in [6.45, 7) is 0.998. The topological polar surface area (TPSA) is 86.3 Å². The van der Waals surface area contributed by atoms with E-state index >= 15 is 0 Å². The molecule has 3 aromatic rings. The first kappa shape index (κ1) is 25.8. The molecule has 0 saturated carbocycles. The summed E-state index contributed by atoms with van der Waals surface area (Å²) in [6.07, 6.45) is 1.08. The third kappa shape index (κ3) is 7.60. The largest absolute Gasteiger partial charge is 0.497 e. The maximum atomic E-state index is 12.3. The molecule has 184 valence electrons. The van der Waals surface area contributed by atoms with E-state index in [0.717, 1.165) is 22.6 Å². The van der Waals surface area contributed by atoms with Gasteiger partial charge < -0.3 is 29.4 Å². The number of hydrogen-bond donors (Lipinski definition) is 2. The van der Waals surface area contributed by atoms with Crippen molar-refractivity contribution in [1.82, 2.24) is 5.32 Å². The summed E-state index contributed by atoms with van der Waals surface area (Å²) in [6, 6.07) is 22.3. The van der Waals surface area contributed by atoms with Gasteiger partial charge in [-0.05, 0) is 35.4 Å². The number of carbonyl (C=O) groups excluding carboxylic acids is 1. The van der Waals surface area contributed by atoms with Crippen LogP contribution in [0.3, 0.4) is 0 Å². The lowest BCUT2D eigenvalue weighted by Crippen LogP contribution is -2.31. The lowest BCUT2D eigenvalue weighted by atomic mass is 10.0. The number of aliphatic hydroxyl groups excluding tert-OH is 1. The average Bonchev–Trinajstić information content (AvgIpc) is 2.91. The average molecular weight is 478 g/mol. The van der Waals surface area contributed by atoms with E-state index < -0.39 is 12.1 Å². The molecule has 0 radical (unpaired) electrons. The number of esters is 1. The van der Waals surface area contributed by atoms with Gasteiger partial charge in [-0.15, -0.1) is 0 Å². The van der Waals surface area contributed by atoms with E-state index in [0.29, 0.717) is 30.0 Å². The molecule has 3 aromatic carbocycles. The van der Waals surface area contributed by atoms with Gasteiger partial charge >= 0.3 is 5.97 Å². The zero-order valence-electron chi connectivity index (χ0n) is 20.2. The van der Waals surface area contributed by atoms with Gasteiger partial charge in [-0.1, -0.05) is 48.5 Å². The Morgan fingerprint density at radius 1 is 0.943 bits per heavy atom. The second kappa shape index (κ2) is 13.2. The molecule has 0 heterocycles. The van der Waals surface area contributed by atoms with Gasteiger partial charge in [0.15, 0.2) is 0 Å². The van der Waals surface area contributed by atoms with E-state index in [1.54, 1.807) is 44.6 Å². The van der Waals surface area contributed by atoms with E-state index in [4.69, 9.17) is 18.9 Å². The van der Waals surface area contributed by atoms with Gasteiger partial charge in [0.25, 0.3) is 0 Å². The zero-order chi connectivity index (χ0) is 25.0. The van der Waals surface area contributed by atoms with E-state index in [9.17, 15) is 9.90 Å². The maximum absolute atomic E-state index is 12.3. The lowest BCUT2D eigenvalue weighted by Gasteiger charge is -2.15. The Kier molecular flexibility index (Phi) is 9.71. The van der Waals surface area contributed by atoms with Gasteiger partial charge in [0, 0.05) is 24.7 Å². The summed E-state index contributed by atoms with van der Waals surface area (Å²) in [5.41, 5.74) is 3.02. The van der Waals surface area contributed by atoms with Crippen molar-refractivity contribution in [3.63, 3.8) is 0 Å². The van der Waals surface area contributed by atoms with Crippen LogP contribution in [0.5, 0.6) is 17.2 Å². The second-order valence-corrected chi connectivity index (χ2v) is 7.76. The van der Waals surface area contributed by atoms with Gasteiger partial charge in [0.05, 0.1) is 26.9 Å². The summed E-state index contributed by atoms with van der Waals surface area (Å²) in [4.78, 5) is 12.3. The van der Waals surface area contributed by atoms with Gasteiger partial charge in [0.1, 0.15) is 30.0 Å². The Hall–Kier alpha value is -3.81. The standard InChI is InChI=1S/C28H31NO6/c1-32-25-14-11-22(27(16-25)33-2)17-29-18-23(30)19-35-24-12-9-21(10-13-24)26(28(31)34-3)15-20-7-5-4-6-8-20/h4-16,23,29-30H,17-19H2,1-3H3/b26-15-. The predicted octanol–water partition coefficient (Wildman–Crippen LogP) is 3.95. The first-order chi connectivity index (χ1) is 17.0. The molecule has 2 N–H and O–H groups in total. The quantitative estimate of drug-likeness (QED) is 0.232. The fraction of sp³-hybridized carbons (Fsp3) is 0.250. The highest BCUT2D eigenvalue weighted by Crippen LogP contribution is 2.25. The Labute approximate surface area is 205 Å². The minimum absolute atomic E-state index is 0.121. The molecular weight excluding hydrogens is 446 g/mol. The number of carbonyl (C=O) groups is 1. The Morgan fingerprint density at radius 3 is 2.31 bits per heavy atom. The van der Waals surface area contributed by atoms with Gasteiger partial charge in [0.2, 0.25) is 0 Å². The zero-order valence-corrected chi connectivity index (χ0v) is 20.2. The molecule has 1 atom stereocenters. The van der Waals surface area contributed by atoms with Crippen LogP contribution in [0.25, 0.3) is 11.6 Å². The third-order valence-electron chi connectivity index (χ3n) is 5.31. The molecular formula is C28H31NO6. The Bertz CT molecular complexity index is 1110. The van der Waals surface area contributed by atoms with Crippen LogP contribution < -0.4 is 19.5 Å². The van der Waals surface area contributed by atoms with E-state index in [2.05, 4.69) is 5.32 Å². The van der Waals surface area contributed by atoms with Crippen molar-refractivity contribution in [2.75, 3.05) is 34.5 Å². The Balaban J connectivity index is 1.53. The monoisotopic (exact) mass is 477 g/mol. The van der Waals surface area contributed by atoms with E-state index in [1.807, 2.05) is 48.5 Å². The molecule has 1 unspecified atom stereocenters. The van der Waals surface area contributed by atoms with Crippen molar-refractivity contribution in [3.8, 4) is 17.2 Å². The highest BCUT2D eigenvalue weighted by molar-refractivity contribution is 6.21. The molecule has 3 rings (SSSR count). The molecule has 7 nitrogen and oxygen atoms in total.